The number of carbonyl (C=O) groups excluding carboxylic acids is 1. The van der Waals surface area contributed by atoms with Crippen molar-refractivity contribution in [2.24, 2.45) is 5.92 Å². The monoisotopic (exact) mass is 406 g/mol. The van der Waals surface area contributed by atoms with Gasteiger partial charge >= 0.3 is 11.9 Å². The summed E-state index contributed by atoms with van der Waals surface area (Å²) in [6.07, 6.45) is 3.65. The van der Waals surface area contributed by atoms with Crippen LogP contribution in [0.25, 0.3) is 0 Å². The number of aliphatic carboxylic acids is 1. The number of ether oxygens (including phenoxy) is 2. The Kier molecular flexibility index (Phi) is 7.67. The third kappa shape index (κ3) is 5.29. The summed E-state index contributed by atoms with van der Waals surface area (Å²) in [7, 11) is 1.54. The maximum atomic E-state index is 12.0. The lowest BCUT2D eigenvalue weighted by Crippen LogP contribution is -2.21. The zero-order valence-corrected chi connectivity index (χ0v) is 17.4. The number of rotatable bonds is 10. The standard InChI is InChI=1S/C22H30O7/c1-12(6-5-7-13(2)17(23)10-18(24)25)8-9-15-20(26)19-16(11-29-22(19)27)14(3)21(15)28-4/h8,13,17,23,26H,5-7,9-11H2,1-4H3,(H,24,25)/t13-,17-/m1/s1. The highest BCUT2D eigenvalue weighted by molar-refractivity contribution is 5.98. The zero-order valence-electron chi connectivity index (χ0n) is 17.4. The first-order chi connectivity index (χ1) is 13.7. The molecule has 0 amide bonds. The summed E-state index contributed by atoms with van der Waals surface area (Å²) in [5, 5.41) is 29.2. The predicted molar refractivity (Wildman–Crippen MR) is 107 cm³/mol. The third-order valence-electron chi connectivity index (χ3n) is 5.57. The molecular formula is C22H30O7. The van der Waals surface area contributed by atoms with Crippen molar-refractivity contribution in [3.8, 4) is 11.5 Å². The minimum atomic E-state index is -0.997. The van der Waals surface area contributed by atoms with E-state index in [0.29, 0.717) is 23.3 Å². The van der Waals surface area contributed by atoms with Crippen LogP contribution in [-0.4, -0.2) is 40.5 Å². The van der Waals surface area contributed by atoms with Crippen LogP contribution in [-0.2, 0) is 22.6 Å². The molecule has 7 nitrogen and oxygen atoms in total. The number of phenolic OH excluding ortho intramolecular Hbond substituents is 1. The minimum absolute atomic E-state index is 0.0839. The summed E-state index contributed by atoms with van der Waals surface area (Å²) in [5.74, 6) is -1.12. The molecule has 0 fully saturated rings. The molecule has 2 atom stereocenters. The highest BCUT2D eigenvalue weighted by Crippen LogP contribution is 2.42. The number of aliphatic hydroxyl groups excluding tert-OH is 1. The second-order valence-corrected chi connectivity index (χ2v) is 7.70. The molecule has 0 bridgehead atoms. The van der Waals surface area contributed by atoms with Crippen molar-refractivity contribution < 1.29 is 34.4 Å². The number of cyclic esters (lactones) is 1. The number of aromatic hydroxyl groups is 1. The van der Waals surface area contributed by atoms with Gasteiger partial charge in [0.15, 0.2) is 0 Å². The Morgan fingerprint density at radius 1 is 1.38 bits per heavy atom. The lowest BCUT2D eigenvalue weighted by atomic mass is 9.93. The van der Waals surface area contributed by atoms with Crippen LogP contribution in [0.5, 0.6) is 11.5 Å². The van der Waals surface area contributed by atoms with Crippen LogP contribution in [0.2, 0.25) is 0 Å². The van der Waals surface area contributed by atoms with Crippen LogP contribution in [0, 0.1) is 12.8 Å². The van der Waals surface area contributed by atoms with E-state index in [-0.39, 0.29) is 30.3 Å². The average Bonchev–Trinajstić information content (AvgIpc) is 3.04. The lowest BCUT2D eigenvalue weighted by molar-refractivity contribution is -0.139. The number of phenols is 1. The molecule has 0 aromatic heterocycles. The van der Waals surface area contributed by atoms with Crippen molar-refractivity contribution in [1.29, 1.82) is 0 Å². The Morgan fingerprint density at radius 3 is 2.69 bits per heavy atom. The first-order valence-corrected chi connectivity index (χ1v) is 9.81. The first-order valence-electron chi connectivity index (χ1n) is 9.81. The fourth-order valence-electron chi connectivity index (χ4n) is 3.68. The molecule has 2 rings (SSSR count). The minimum Gasteiger partial charge on any atom is -0.507 e. The number of methoxy groups -OCH3 is 1. The molecule has 160 valence electrons. The number of allylic oxidation sites excluding steroid dienone is 2. The lowest BCUT2D eigenvalue weighted by Gasteiger charge is -2.17. The fraction of sp³-hybridized carbons (Fsp3) is 0.545. The maximum absolute atomic E-state index is 12.0. The van der Waals surface area contributed by atoms with E-state index in [9.17, 15) is 19.8 Å². The van der Waals surface area contributed by atoms with Crippen molar-refractivity contribution >= 4 is 11.9 Å². The molecule has 3 N–H and O–H groups in total. The Balaban J connectivity index is 2.04. The second kappa shape index (κ2) is 9.78. The average molecular weight is 406 g/mol. The Bertz CT molecular complexity index is 810. The number of carboxylic acid groups (broad SMARTS) is 1. The topological polar surface area (TPSA) is 113 Å². The van der Waals surface area contributed by atoms with Crippen LogP contribution in [0.4, 0.5) is 0 Å². The summed E-state index contributed by atoms with van der Waals surface area (Å²) >= 11 is 0. The number of aliphatic hydroxyl groups is 1. The second-order valence-electron chi connectivity index (χ2n) is 7.70. The summed E-state index contributed by atoms with van der Waals surface area (Å²) in [6, 6.07) is 0. The van der Waals surface area contributed by atoms with E-state index in [1.165, 1.54) is 7.11 Å². The molecule has 7 heteroatoms. The van der Waals surface area contributed by atoms with Crippen molar-refractivity contribution in [2.75, 3.05) is 7.11 Å². The van der Waals surface area contributed by atoms with Gasteiger partial charge in [0.05, 0.1) is 19.6 Å². The van der Waals surface area contributed by atoms with Gasteiger partial charge in [-0.25, -0.2) is 4.79 Å². The number of esters is 1. The van der Waals surface area contributed by atoms with Gasteiger partial charge in [-0.15, -0.1) is 0 Å². The van der Waals surface area contributed by atoms with Crippen molar-refractivity contribution in [3.05, 3.63) is 33.9 Å². The SMILES string of the molecule is COc1c(C)c2c(c(O)c1CC=C(C)CCC[C@@H](C)[C@H](O)CC(=O)O)C(=O)OC2. The molecule has 1 aliphatic rings. The predicted octanol–water partition coefficient (Wildman–Crippen LogP) is 3.51. The quantitative estimate of drug-likeness (QED) is 0.402. The summed E-state index contributed by atoms with van der Waals surface area (Å²) in [5.41, 5.74) is 3.36. The normalized spacial score (nSPS) is 15.6. The van der Waals surface area contributed by atoms with Crippen LogP contribution in [0.3, 0.4) is 0 Å². The van der Waals surface area contributed by atoms with E-state index in [2.05, 4.69) is 0 Å². The van der Waals surface area contributed by atoms with Gasteiger partial charge in [-0.2, -0.15) is 0 Å². The van der Waals surface area contributed by atoms with Gasteiger partial charge in [0.1, 0.15) is 23.7 Å². The van der Waals surface area contributed by atoms with Crippen LogP contribution < -0.4 is 4.74 Å². The van der Waals surface area contributed by atoms with Crippen LogP contribution >= 0.6 is 0 Å². The number of carboxylic acids is 1. The van der Waals surface area contributed by atoms with Crippen LogP contribution in [0.15, 0.2) is 11.6 Å². The molecule has 0 spiro atoms. The Morgan fingerprint density at radius 2 is 2.07 bits per heavy atom. The molecule has 0 aliphatic carbocycles. The van der Waals surface area contributed by atoms with E-state index in [0.717, 1.165) is 30.4 Å². The van der Waals surface area contributed by atoms with Gasteiger partial charge < -0.3 is 24.8 Å². The van der Waals surface area contributed by atoms with Crippen molar-refractivity contribution in [3.63, 3.8) is 0 Å². The molecule has 0 saturated heterocycles. The number of fused-ring (bicyclic) bond motifs is 1. The fourth-order valence-corrected chi connectivity index (χ4v) is 3.68. The molecule has 1 aromatic rings. The van der Waals surface area contributed by atoms with Crippen molar-refractivity contribution in [2.45, 2.75) is 65.6 Å². The van der Waals surface area contributed by atoms with E-state index in [1.807, 2.05) is 26.8 Å². The highest BCUT2D eigenvalue weighted by Gasteiger charge is 2.31. The van der Waals surface area contributed by atoms with Crippen molar-refractivity contribution in [1.82, 2.24) is 0 Å². The molecule has 1 aromatic carbocycles. The maximum Gasteiger partial charge on any atom is 0.342 e. The number of carbonyl (C=O) groups is 2. The van der Waals surface area contributed by atoms with Crippen LogP contribution in [0.1, 0.15) is 66.6 Å². The van der Waals surface area contributed by atoms with Gasteiger partial charge in [-0.1, -0.05) is 18.6 Å². The van der Waals surface area contributed by atoms with Gasteiger partial charge in [0.25, 0.3) is 0 Å². The number of hydrogen-bond acceptors (Lipinski definition) is 6. The highest BCUT2D eigenvalue weighted by atomic mass is 16.5. The van der Waals surface area contributed by atoms with Gasteiger partial charge in [0.2, 0.25) is 0 Å². The molecule has 1 aliphatic heterocycles. The molecule has 0 saturated carbocycles. The Labute approximate surface area is 171 Å². The number of hydrogen-bond donors (Lipinski definition) is 3. The van der Waals surface area contributed by atoms with Gasteiger partial charge in [-0.05, 0) is 51.0 Å². The zero-order chi connectivity index (χ0) is 21.7. The van der Waals surface area contributed by atoms with E-state index >= 15 is 0 Å². The molecule has 1 heterocycles. The first kappa shape index (κ1) is 22.7. The summed E-state index contributed by atoms with van der Waals surface area (Å²) in [4.78, 5) is 22.6. The van der Waals surface area contributed by atoms with E-state index < -0.39 is 18.0 Å². The third-order valence-corrected chi connectivity index (χ3v) is 5.57. The van der Waals surface area contributed by atoms with Gasteiger partial charge in [0, 0.05) is 11.1 Å². The molecule has 29 heavy (non-hydrogen) atoms. The molecular weight excluding hydrogens is 376 g/mol. The molecule has 0 radical (unpaired) electrons. The van der Waals surface area contributed by atoms with E-state index in [4.69, 9.17) is 14.6 Å². The van der Waals surface area contributed by atoms with Gasteiger partial charge in [-0.3, -0.25) is 4.79 Å². The number of benzene rings is 1. The molecule has 0 unspecified atom stereocenters. The summed E-state index contributed by atoms with van der Waals surface area (Å²) < 4.78 is 10.5. The largest absolute Gasteiger partial charge is 0.507 e. The smallest absolute Gasteiger partial charge is 0.342 e. The summed E-state index contributed by atoms with van der Waals surface area (Å²) in [6.45, 7) is 5.83. The Hall–Kier alpha value is -2.54. The van der Waals surface area contributed by atoms with E-state index in [1.54, 1.807) is 0 Å².